The Hall–Kier alpha value is -0.910. The standard InChI is InChI=1S/C3H6N2O3S/c1-2-3(6)5-9(7,8)4-2/h4-6H,1H3. The van der Waals surface area contributed by atoms with E-state index in [1.54, 1.807) is 0 Å². The molecule has 0 atom stereocenters. The molecule has 0 aromatic heterocycles. The first-order valence-corrected chi connectivity index (χ1v) is 3.70. The highest BCUT2D eigenvalue weighted by Gasteiger charge is 2.20. The maximum atomic E-state index is 10.4. The van der Waals surface area contributed by atoms with Gasteiger partial charge in [0.15, 0.2) is 0 Å². The Balaban J connectivity index is 2.95. The van der Waals surface area contributed by atoms with E-state index in [0.717, 1.165) is 0 Å². The fraction of sp³-hybridized carbons (Fsp3) is 0.333. The largest absolute Gasteiger partial charge is 0.493 e. The summed E-state index contributed by atoms with van der Waals surface area (Å²) in [7, 11) is -3.47. The molecule has 5 nitrogen and oxygen atoms in total. The number of aliphatic hydroxyl groups excluding tert-OH is 1. The zero-order valence-corrected chi connectivity index (χ0v) is 5.49. The first-order valence-electron chi connectivity index (χ1n) is 2.22. The van der Waals surface area contributed by atoms with E-state index in [4.69, 9.17) is 5.11 Å². The molecule has 0 radical (unpaired) electrons. The van der Waals surface area contributed by atoms with Gasteiger partial charge in [-0.15, -0.1) is 0 Å². The lowest BCUT2D eigenvalue weighted by molar-refractivity contribution is 0.387. The molecule has 0 saturated heterocycles. The number of nitrogens with one attached hydrogen (secondary N) is 2. The van der Waals surface area contributed by atoms with Crippen molar-refractivity contribution in [3.05, 3.63) is 11.6 Å². The van der Waals surface area contributed by atoms with Gasteiger partial charge in [-0.25, -0.2) is 4.72 Å². The fourth-order valence-electron chi connectivity index (χ4n) is 0.479. The molecule has 0 spiro atoms. The third kappa shape index (κ3) is 1.07. The molecule has 0 bridgehead atoms. The Bertz CT molecular complexity index is 232. The van der Waals surface area contributed by atoms with Gasteiger partial charge in [-0.2, -0.15) is 8.42 Å². The lowest BCUT2D eigenvalue weighted by Gasteiger charge is -1.91. The second-order valence-electron chi connectivity index (χ2n) is 1.68. The summed E-state index contributed by atoms with van der Waals surface area (Å²) in [5, 5.41) is 8.66. The van der Waals surface area contributed by atoms with Gasteiger partial charge in [0.25, 0.3) is 0 Å². The predicted molar refractivity (Wildman–Crippen MR) is 30.5 cm³/mol. The Morgan fingerprint density at radius 2 is 2.00 bits per heavy atom. The summed E-state index contributed by atoms with van der Waals surface area (Å²) in [4.78, 5) is 0. The summed E-state index contributed by atoms with van der Waals surface area (Å²) in [5.74, 6) is -0.338. The molecule has 6 heteroatoms. The van der Waals surface area contributed by atoms with Crippen LogP contribution in [-0.2, 0) is 10.2 Å². The SMILES string of the molecule is CC1=C(O)NS(=O)(=O)N1. The molecule has 3 N–H and O–H groups in total. The molecule has 1 heterocycles. The van der Waals surface area contributed by atoms with Crippen molar-refractivity contribution >= 4 is 10.2 Å². The second kappa shape index (κ2) is 1.53. The molecule has 0 aromatic rings. The Labute approximate surface area is 52.6 Å². The van der Waals surface area contributed by atoms with Crippen LogP contribution in [0.2, 0.25) is 0 Å². The first kappa shape index (κ1) is 6.21. The van der Waals surface area contributed by atoms with Gasteiger partial charge < -0.3 is 5.11 Å². The lowest BCUT2D eigenvalue weighted by atomic mass is 10.5. The van der Waals surface area contributed by atoms with Crippen LogP contribution < -0.4 is 9.44 Å². The Morgan fingerprint density at radius 3 is 2.11 bits per heavy atom. The van der Waals surface area contributed by atoms with Crippen LogP contribution in [-0.4, -0.2) is 13.5 Å². The summed E-state index contributed by atoms with van der Waals surface area (Å²) in [5.41, 5.74) is 0.218. The van der Waals surface area contributed by atoms with Crippen molar-refractivity contribution < 1.29 is 13.5 Å². The van der Waals surface area contributed by atoms with Gasteiger partial charge in [-0.3, -0.25) is 4.72 Å². The fourth-order valence-corrected chi connectivity index (χ4v) is 1.44. The molecule has 1 aliphatic rings. The van der Waals surface area contributed by atoms with Gasteiger partial charge in [0.2, 0.25) is 5.88 Å². The molecule has 9 heavy (non-hydrogen) atoms. The number of hydrogen-bond donors (Lipinski definition) is 3. The second-order valence-corrected chi connectivity index (χ2v) is 3.10. The molecule has 52 valence electrons. The summed E-state index contributed by atoms with van der Waals surface area (Å²) in [6.07, 6.45) is 0. The van der Waals surface area contributed by atoms with E-state index >= 15 is 0 Å². The predicted octanol–water partition coefficient (Wildman–Crippen LogP) is -0.829. The quantitative estimate of drug-likeness (QED) is 0.421. The van der Waals surface area contributed by atoms with Crippen LogP contribution in [0.3, 0.4) is 0 Å². The van der Waals surface area contributed by atoms with Crippen LogP contribution in [0, 0.1) is 0 Å². The van der Waals surface area contributed by atoms with Crippen LogP contribution >= 0.6 is 0 Å². The lowest BCUT2D eigenvalue weighted by Crippen LogP contribution is -2.25. The van der Waals surface area contributed by atoms with Crippen molar-refractivity contribution in [3.8, 4) is 0 Å². The Morgan fingerprint density at radius 1 is 1.44 bits per heavy atom. The maximum absolute atomic E-state index is 10.4. The molecule has 0 saturated carbocycles. The third-order valence-corrected chi connectivity index (χ3v) is 1.91. The average Bonchev–Trinajstić information content (AvgIpc) is 1.79. The molecule has 0 aliphatic carbocycles. The minimum atomic E-state index is -3.47. The van der Waals surface area contributed by atoms with Crippen molar-refractivity contribution in [2.75, 3.05) is 0 Å². The maximum Gasteiger partial charge on any atom is 0.323 e. The van der Waals surface area contributed by atoms with Gasteiger partial charge in [0.05, 0.1) is 5.70 Å². The number of allylic oxidation sites excluding steroid dienone is 1. The molecule has 0 unspecified atom stereocenters. The summed E-state index contributed by atoms with van der Waals surface area (Å²) >= 11 is 0. The molecular weight excluding hydrogens is 144 g/mol. The molecular formula is C3H6N2O3S. The van der Waals surface area contributed by atoms with Gasteiger partial charge in [0, 0.05) is 0 Å². The zero-order valence-electron chi connectivity index (χ0n) is 4.67. The van der Waals surface area contributed by atoms with Crippen molar-refractivity contribution in [1.29, 1.82) is 0 Å². The first-order chi connectivity index (χ1) is 4.01. The minimum Gasteiger partial charge on any atom is -0.493 e. The number of hydrogen-bond acceptors (Lipinski definition) is 3. The van der Waals surface area contributed by atoms with Crippen molar-refractivity contribution in [1.82, 2.24) is 9.44 Å². The molecule has 0 fully saturated rings. The van der Waals surface area contributed by atoms with Crippen LogP contribution in [0.4, 0.5) is 0 Å². The smallest absolute Gasteiger partial charge is 0.323 e. The zero-order chi connectivity index (χ0) is 7.07. The van der Waals surface area contributed by atoms with Crippen molar-refractivity contribution in [2.45, 2.75) is 6.92 Å². The molecule has 1 rings (SSSR count). The van der Waals surface area contributed by atoms with E-state index < -0.39 is 10.2 Å². The van der Waals surface area contributed by atoms with E-state index in [1.807, 2.05) is 9.44 Å². The topological polar surface area (TPSA) is 78.4 Å². The van der Waals surface area contributed by atoms with Crippen LogP contribution in [0.5, 0.6) is 0 Å². The highest BCUT2D eigenvalue weighted by atomic mass is 32.2. The van der Waals surface area contributed by atoms with Crippen LogP contribution in [0.15, 0.2) is 11.6 Å². The van der Waals surface area contributed by atoms with Gasteiger partial charge in [-0.05, 0) is 6.92 Å². The van der Waals surface area contributed by atoms with Gasteiger partial charge in [-0.1, -0.05) is 0 Å². The van der Waals surface area contributed by atoms with Crippen LogP contribution in [0.1, 0.15) is 6.92 Å². The third-order valence-electron chi connectivity index (χ3n) is 0.874. The van der Waals surface area contributed by atoms with Crippen LogP contribution in [0.25, 0.3) is 0 Å². The van der Waals surface area contributed by atoms with E-state index in [1.165, 1.54) is 6.92 Å². The van der Waals surface area contributed by atoms with E-state index in [-0.39, 0.29) is 11.6 Å². The van der Waals surface area contributed by atoms with E-state index in [9.17, 15) is 8.42 Å². The molecule has 0 aromatic carbocycles. The molecule has 0 amide bonds. The molecule has 1 aliphatic heterocycles. The summed E-state index contributed by atoms with van der Waals surface area (Å²) in [6.45, 7) is 1.45. The normalized spacial score (nSPS) is 23.2. The van der Waals surface area contributed by atoms with Gasteiger partial charge in [0.1, 0.15) is 0 Å². The number of rotatable bonds is 0. The van der Waals surface area contributed by atoms with Crippen molar-refractivity contribution in [3.63, 3.8) is 0 Å². The average molecular weight is 150 g/mol. The van der Waals surface area contributed by atoms with Gasteiger partial charge >= 0.3 is 10.2 Å². The van der Waals surface area contributed by atoms with E-state index in [2.05, 4.69) is 0 Å². The van der Waals surface area contributed by atoms with E-state index in [0.29, 0.717) is 0 Å². The summed E-state index contributed by atoms with van der Waals surface area (Å²) in [6, 6.07) is 0. The highest BCUT2D eigenvalue weighted by molar-refractivity contribution is 7.88. The minimum absolute atomic E-state index is 0.218. The number of aliphatic hydroxyl groups is 1. The van der Waals surface area contributed by atoms with Crippen molar-refractivity contribution in [2.24, 2.45) is 0 Å². The monoisotopic (exact) mass is 150 g/mol. The summed E-state index contributed by atoms with van der Waals surface area (Å²) < 4.78 is 24.7. The Kier molecular flexibility index (Phi) is 1.06. The highest BCUT2D eigenvalue weighted by Crippen LogP contribution is 2.03.